The van der Waals surface area contributed by atoms with E-state index in [4.69, 9.17) is 4.74 Å². The van der Waals surface area contributed by atoms with Gasteiger partial charge in [0.05, 0.1) is 12.7 Å². The van der Waals surface area contributed by atoms with Crippen molar-refractivity contribution in [2.75, 3.05) is 13.2 Å². The predicted octanol–water partition coefficient (Wildman–Crippen LogP) is 2.84. The average Bonchev–Trinajstić information content (AvgIpc) is 2.69. The van der Waals surface area contributed by atoms with Gasteiger partial charge in [-0.15, -0.1) is 0 Å². The van der Waals surface area contributed by atoms with Crippen LogP contribution in [-0.4, -0.2) is 30.4 Å². The van der Waals surface area contributed by atoms with Gasteiger partial charge in [-0.1, -0.05) is 37.5 Å². The number of aliphatic hydroxyl groups excluding tert-OH is 1. The van der Waals surface area contributed by atoms with Crippen LogP contribution < -0.4 is 10.1 Å². The average molecular weight is 275 g/mol. The van der Waals surface area contributed by atoms with E-state index in [0.717, 1.165) is 38.2 Å². The maximum absolute atomic E-state index is 10.2. The first-order chi connectivity index (χ1) is 9.84. The van der Waals surface area contributed by atoms with E-state index >= 15 is 0 Å². The number of ether oxygens (including phenoxy) is 1. The monoisotopic (exact) mass is 275 g/mol. The number of nitrogens with one attached hydrogen (secondary N) is 1. The molecule has 3 rings (SSSR count). The predicted molar refractivity (Wildman–Crippen MR) is 80.2 cm³/mol. The molecule has 0 amide bonds. The molecule has 3 atom stereocenters. The molecule has 0 aromatic heterocycles. The van der Waals surface area contributed by atoms with Crippen LogP contribution in [0.1, 0.15) is 50.0 Å². The Morgan fingerprint density at radius 3 is 2.90 bits per heavy atom. The number of rotatable bonds is 3. The van der Waals surface area contributed by atoms with Gasteiger partial charge in [-0.25, -0.2) is 0 Å². The van der Waals surface area contributed by atoms with Crippen molar-refractivity contribution in [1.29, 1.82) is 0 Å². The molecule has 2 aliphatic rings. The third-order valence-electron chi connectivity index (χ3n) is 4.69. The molecule has 1 fully saturated rings. The summed E-state index contributed by atoms with van der Waals surface area (Å²) in [6, 6.07) is 8.62. The minimum atomic E-state index is -0.174. The number of hydrogen-bond donors (Lipinski definition) is 2. The molecular weight excluding hydrogens is 250 g/mol. The number of hydrogen-bond acceptors (Lipinski definition) is 3. The van der Waals surface area contributed by atoms with E-state index in [1.165, 1.54) is 24.8 Å². The number of para-hydroxylation sites is 1. The van der Waals surface area contributed by atoms with Gasteiger partial charge in [0.25, 0.3) is 0 Å². The standard InChI is InChI=1S/C17H25NO2/c19-16-8-3-1-2-7-15(16)18-12-13-10-11-20-17-9-5-4-6-14(13)17/h4-6,9,13,15-16,18-19H,1-3,7-8,10-12H2. The molecule has 0 bridgehead atoms. The van der Waals surface area contributed by atoms with E-state index < -0.39 is 0 Å². The van der Waals surface area contributed by atoms with E-state index in [1.54, 1.807) is 0 Å². The summed E-state index contributed by atoms with van der Waals surface area (Å²) < 4.78 is 5.71. The van der Waals surface area contributed by atoms with Crippen LogP contribution in [0.2, 0.25) is 0 Å². The summed E-state index contributed by atoms with van der Waals surface area (Å²) in [5.74, 6) is 1.54. The fourth-order valence-corrected chi connectivity index (χ4v) is 3.45. The summed E-state index contributed by atoms with van der Waals surface area (Å²) in [4.78, 5) is 0. The van der Waals surface area contributed by atoms with E-state index in [0.29, 0.717) is 5.92 Å². The maximum atomic E-state index is 10.2. The Balaban J connectivity index is 1.61. The van der Waals surface area contributed by atoms with Crippen LogP contribution in [0.3, 0.4) is 0 Å². The maximum Gasteiger partial charge on any atom is 0.122 e. The molecule has 3 heteroatoms. The molecule has 110 valence electrons. The fraction of sp³-hybridized carbons (Fsp3) is 0.647. The van der Waals surface area contributed by atoms with Crippen molar-refractivity contribution < 1.29 is 9.84 Å². The van der Waals surface area contributed by atoms with Gasteiger partial charge < -0.3 is 15.2 Å². The second-order valence-corrected chi connectivity index (χ2v) is 6.09. The van der Waals surface area contributed by atoms with Crippen molar-refractivity contribution in [2.24, 2.45) is 0 Å². The summed E-state index contributed by atoms with van der Waals surface area (Å²) in [6.45, 7) is 1.75. The molecule has 20 heavy (non-hydrogen) atoms. The molecule has 1 heterocycles. The summed E-state index contributed by atoms with van der Waals surface area (Å²) in [6.07, 6.45) is 6.60. The second kappa shape index (κ2) is 6.59. The molecule has 1 aliphatic heterocycles. The summed E-state index contributed by atoms with van der Waals surface area (Å²) in [5, 5.41) is 13.8. The number of fused-ring (bicyclic) bond motifs is 1. The Morgan fingerprint density at radius 2 is 1.95 bits per heavy atom. The lowest BCUT2D eigenvalue weighted by Crippen LogP contribution is -2.41. The van der Waals surface area contributed by atoms with Gasteiger partial charge in [0, 0.05) is 18.5 Å². The van der Waals surface area contributed by atoms with Gasteiger partial charge in [0.2, 0.25) is 0 Å². The summed E-state index contributed by atoms with van der Waals surface area (Å²) in [5.41, 5.74) is 1.31. The van der Waals surface area contributed by atoms with Gasteiger partial charge >= 0.3 is 0 Å². The third kappa shape index (κ3) is 3.15. The molecule has 3 unspecified atom stereocenters. The molecule has 0 radical (unpaired) electrons. The Morgan fingerprint density at radius 1 is 1.10 bits per heavy atom. The molecule has 2 N–H and O–H groups in total. The van der Waals surface area contributed by atoms with Crippen LogP contribution >= 0.6 is 0 Å². The normalized spacial score (nSPS) is 30.1. The molecule has 3 nitrogen and oxygen atoms in total. The summed E-state index contributed by atoms with van der Waals surface area (Å²) in [7, 11) is 0. The topological polar surface area (TPSA) is 41.5 Å². The zero-order chi connectivity index (χ0) is 13.8. The SMILES string of the molecule is OC1CCCCCC1NCC1CCOc2ccccc21. The lowest BCUT2D eigenvalue weighted by Gasteiger charge is -2.29. The minimum Gasteiger partial charge on any atom is -0.493 e. The molecule has 0 spiro atoms. The quantitative estimate of drug-likeness (QED) is 0.834. The van der Waals surface area contributed by atoms with Crippen LogP contribution in [0, 0.1) is 0 Å². The van der Waals surface area contributed by atoms with Gasteiger partial charge in [-0.05, 0) is 30.9 Å². The van der Waals surface area contributed by atoms with Crippen LogP contribution in [0.15, 0.2) is 24.3 Å². The number of aliphatic hydroxyl groups is 1. The molecule has 1 aromatic rings. The largest absolute Gasteiger partial charge is 0.493 e. The first-order valence-electron chi connectivity index (χ1n) is 7.98. The van der Waals surface area contributed by atoms with Crippen molar-refractivity contribution in [3.05, 3.63) is 29.8 Å². The first-order valence-corrected chi connectivity index (χ1v) is 7.98. The Hall–Kier alpha value is -1.06. The zero-order valence-electron chi connectivity index (χ0n) is 12.1. The lowest BCUT2D eigenvalue weighted by molar-refractivity contribution is 0.118. The van der Waals surface area contributed by atoms with E-state index in [9.17, 15) is 5.11 Å². The van der Waals surface area contributed by atoms with Gasteiger partial charge in [-0.2, -0.15) is 0 Å². The molecule has 1 aromatic carbocycles. The highest BCUT2D eigenvalue weighted by atomic mass is 16.5. The van der Waals surface area contributed by atoms with E-state index in [-0.39, 0.29) is 12.1 Å². The molecule has 0 saturated heterocycles. The lowest BCUT2D eigenvalue weighted by atomic mass is 9.92. The van der Waals surface area contributed by atoms with Crippen LogP contribution in [0.5, 0.6) is 5.75 Å². The third-order valence-corrected chi connectivity index (χ3v) is 4.69. The van der Waals surface area contributed by atoms with E-state index in [2.05, 4.69) is 23.5 Å². The van der Waals surface area contributed by atoms with Crippen molar-refractivity contribution in [1.82, 2.24) is 5.32 Å². The highest BCUT2D eigenvalue weighted by Crippen LogP contribution is 2.33. The van der Waals surface area contributed by atoms with Crippen molar-refractivity contribution >= 4 is 0 Å². The summed E-state index contributed by atoms with van der Waals surface area (Å²) >= 11 is 0. The van der Waals surface area contributed by atoms with Gasteiger partial charge in [-0.3, -0.25) is 0 Å². The van der Waals surface area contributed by atoms with Crippen LogP contribution in [-0.2, 0) is 0 Å². The van der Waals surface area contributed by atoms with Crippen LogP contribution in [0.4, 0.5) is 0 Å². The molecule has 1 aliphatic carbocycles. The first kappa shape index (κ1) is 13.9. The Labute approximate surface area is 121 Å². The number of benzene rings is 1. The van der Waals surface area contributed by atoms with Crippen LogP contribution in [0.25, 0.3) is 0 Å². The van der Waals surface area contributed by atoms with Gasteiger partial charge in [0.15, 0.2) is 0 Å². The van der Waals surface area contributed by atoms with Crippen molar-refractivity contribution in [3.63, 3.8) is 0 Å². The highest BCUT2D eigenvalue weighted by Gasteiger charge is 2.25. The second-order valence-electron chi connectivity index (χ2n) is 6.09. The smallest absolute Gasteiger partial charge is 0.122 e. The molecule has 1 saturated carbocycles. The minimum absolute atomic E-state index is 0.174. The van der Waals surface area contributed by atoms with Crippen molar-refractivity contribution in [3.8, 4) is 5.75 Å². The Kier molecular flexibility index (Phi) is 4.58. The van der Waals surface area contributed by atoms with Crippen molar-refractivity contribution in [2.45, 2.75) is 56.6 Å². The fourth-order valence-electron chi connectivity index (χ4n) is 3.45. The molecular formula is C17H25NO2. The van der Waals surface area contributed by atoms with E-state index in [1.807, 2.05) is 6.07 Å². The Bertz CT molecular complexity index is 435. The van der Waals surface area contributed by atoms with Gasteiger partial charge in [0.1, 0.15) is 5.75 Å². The highest BCUT2D eigenvalue weighted by molar-refractivity contribution is 5.37. The zero-order valence-corrected chi connectivity index (χ0v) is 12.1.